The number of hydrogen-bond donors (Lipinski definition) is 2. The number of nitrogens with one attached hydrogen (secondary N) is 1. The second-order valence-corrected chi connectivity index (χ2v) is 5.04. The maximum atomic E-state index is 13.3. The minimum atomic E-state index is -0.882. The fourth-order valence-corrected chi connectivity index (χ4v) is 1.91. The molecule has 0 radical (unpaired) electrons. The lowest BCUT2D eigenvalue weighted by Gasteiger charge is -2.23. The first-order valence-electron chi connectivity index (χ1n) is 6.84. The van der Waals surface area contributed by atoms with Gasteiger partial charge in [-0.3, -0.25) is 0 Å². The number of ether oxygens (including phenoxy) is 1. The van der Waals surface area contributed by atoms with Gasteiger partial charge in [0.2, 0.25) is 0 Å². The first kappa shape index (κ1) is 17.0. The predicted octanol–water partition coefficient (Wildman–Crippen LogP) is 2.65. The second-order valence-electron chi connectivity index (χ2n) is 5.04. The number of rotatable bonds is 8. The van der Waals surface area contributed by atoms with E-state index in [1.165, 1.54) is 6.07 Å². The average Bonchev–Trinajstić information content (AvgIpc) is 2.45. The van der Waals surface area contributed by atoms with E-state index in [1.807, 2.05) is 13.8 Å². The van der Waals surface area contributed by atoms with Crippen LogP contribution in [0, 0.1) is 17.6 Å². The van der Waals surface area contributed by atoms with Crippen LogP contribution in [0.2, 0.25) is 0 Å². The highest BCUT2D eigenvalue weighted by atomic mass is 19.2. The molecule has 20 heavy (non-hydrogen) atoms. The molecule has 0 spiro atoms. The molecular weight excluding hydrogens is 264 g/mol. The molecule has 5 heteroatoms. The van der Waals surface area contributed by atoms with Crippen LogP contribution < -0.4 is 5.32 Å². The summed E-state index contributed by atoms with van der Waals surface area (Å²) in [5.41, 5.74) is 0.599. The third-order valence-corrected chi connectivity index (χ3v) is 3.55. The van der Waals surface area contributed by atoms with Crippen LogP contribution in [0.3, 0.4) is 0 Å². The highest BCUT2D eigenvalue weighted by Crippen LogP contribution is 2.17. The van der Waals surface area contributed by atoms with Gasteiger partial charge in [0.15, 0.2) is 11.6 Å². The summed E-state index contributed by atoms with van der Waals surface area (Å²) in [5, 5.41) is 13.1. The third kappa shape index (κ3) is 4.81. The highest BCUT2D eigenvalue weighted by Gasteiger charge is 2.17. The fourth-order valence-electron chi connectivity index (χ4n) is 1.91. The molecule has 0 saturated heterocycles. The lowest BCUT2D eigenvalue weighted by molar-refractivity contribution is 0.0996. The van der Waals surface area contributed by atoms with Crippen LogP contribution in [0.4, 0.5) is 8.78 Å². The zero-order chi connectivity index (χ0) is 15.1. The van der Waals surface area contributed by atoms with Crippen molar-refractivity contribution in [1.29, 1.82) is 0 Å². The molecule has 0 saturated carbocycles. The molecule has 3 nitrogen and oxygen atoms in total. The van der Waals surface area contributed by atoms with Gasteiger partial charge in [0.1, 0.15) is 0 Å². The van der Waals surface area contributed by atoms with Gasteiger partial charge in [-0.15, -0.1) is 0 Å². The van der Waals surface area contributed by atoms with Crippen molar-refractivity contribution >= 4 is 0 Å². The molecule has 1 aromatic rings. The van der Waals surface area contributed by atoms with E-state index in [9.17, 15) is 13.9 Å². The monoisotopic (exact) mass is 287 g/mol. The summed E-state index contributed by atoms with van der Waals surface area (Å²) in [6.07, 6.45) is 0.396. The summed E-state index contributed by atoms with van der Waals surface area (Å²) in [5.74, 6) is -1.58. The van der Waals surface area contributed by atoms with Crippen molar-refractivity contribution in [2.45, 2.75) is 32.4 Å². The van der Waals surface area contributed by atoms with Crippen LogP contribution in [-0.2, 0) is 4.74 Å². The molecule has 0 heterocycles. The van der Waals surface area contributed by atoms with Gasteiger partial charge in [0, 0.05) is 13.7 Å². The molecule has 0 aliphatic heterocycles. The van der Waals surface area contributed by atoms with Crippen molar-refractivity contribution in [3.05, 3.63) is 35.4 Å². The van der Waals surface area contributed by atoms with E-state index in [0.29, 0.717) is 18.7 Å². The van der Waals surface area contributed by atoms with E-state index in [1.54, 1.807) is 7.11 Å². The second kappa shape index (κ2) is 8.29. The Bertz CT molecular complexity index is 415. The Hall–Kier alpha value is -1.04. The van der Waals surface area contributed by atoms with Crippen molar-refractivity contribution in [3.63, 3.8) is 0 Å². The highest BCUT2D eigenvalue weighted by molar-refractivity contribution is 5.21. The first-order chi connectivity index (χ1) is 9.49. The van der Waals surface area contributed by atoms with E-state index < -0.39 is 17.7 Å². The molecule has 0 aromatic heterocycles. The van der Waals surface area contributed by atoms with Gasteiger partial charge >= 0.3 is 0 Å². The topological polar surface area (TPSA) is 41.5 Å². The molecule has 1 aromatic carbocycles. The van der Waals surface area contributed by atoms with E-state index in [2.05, 4.69) is 5.32 Å². The third-order valence-electron chi connectivity index (χ3n) is 3.55. The van der Waals surface area contributed by atoms with E-state index in [0.717, 1.165) is 18.6 Å². The van der Waals surface area contributed by atoms with Crippen molar-refractivity contribution < 1.29 is 18.6 Å². The normalized spacial score (nSPS) is 15.9. The molecule has 2 N–H and O–H groups in total. The molecular formula is C15H23F2NO2. The van der Waals surface area contributed by atoms with Crippen LogP contribution in [-0.4, -0.2) is 31.5 Å². The Balaban J connectivity index is 2.71. The van der Waals surface area contributed by atoms with E-state index in [-0.39, 0.29) is 12.0 Å². The zero-order valence-corrected chi connectivity index (χ0v) is 12.2. The van der Waals surface area contributed by atoms with Gasteiger partial charge in [-0.25, -0.2) is 8.78 Å². The number of methoxy groups -OCH3 is 1. The predicted molar refractivity (Wildman–Crippen MR) is 74.4 cm³/mol. The Morgan fingerprint density at radius 2 is 2.00 bits per heavy atom. The largest absolute Gasteiger partial charge is 0.392 e. The summed E-state index contributed by atoms with van der Waals surface area (Å²) in [6.45, 7) is 4.67. The maximum Gasteiger partial charge on any atom is 0.159 e. The standard InChI is InChI=1S/C15H23F2NO2/c1-4-10(2)15(19)8-18-14(9-20-3)11-5-6-12(16)13(17)7-11/h5-7,10,14-15,18-19H,4,8-9H2,1-3H3. The molecule has 114 valence electrons. The molecule has 0 bridgehead atoms. The summed E-state index contributed by atoms with van der Waals surface area (Å²) < 4.78 is 31.3. The van der Waals surface area contributed by atoms with Crippen LogP contribution in [0.15, 0.2) is 18.2 Å². The molecule has 0 aliphatic rings. The minimum Gasteiger partial charge on any atom is -0.392 e. The molecule has 0 amide bonds. The summed E-state index contributed by atoms with van der Waals surface area (Å²) in [6, 6.07) is 3.49. The lowest BCUT2D eigenvalue weighted by atomic mass is 10.0. The SMILES string of the molecule is CCC(C)C(O)CNC(COC)c1ccc(F)c(F)c1. The number of aliphatic hydroxyl groups excluding tert-OH is 1. The summed E-state index contributed by atoms with van der Waals surface area (Å²) >= 11 is 0. The van der Waals surface area contributed by atoms with Crippen LogP contribution in [0.5, 0.6) is 0 Å². The van der Waals surface area contributed by atoms with E-state index in [4.69, 9.17) is 4.74 Å². The molecule has 3 unspecified atom stereocenters. The van der Waals surface area contributed by atoms with Crippen molar-refractivity contribution in [3.8, 4) is 0 Å². The Morgan fingerprint density at radius 1 is 1.30 bits per heavy atom. The van der Waals surface area contributed by atoms with Crippen LogP contribution in [0.25, 0.3) is 0 Å². The van der Waals surface area contributed by atoms with Crippen LogP contribution in [0.1, 0.15) is 31.9 Å². The Kier molecular flexibility index (Phi) is 7.05. The minimum absolute atomic E-state index is 0.177. The van der Waals surface area contributed by atoms with Crippen molar-refractivity contribution in [2.75, 3.05) is 20.3 Å². The number of benzene rings is 1. The average molecular weight is 287 g/mol. The van der Waals surface area contributed by atoms with Gasteiger partial charge in [0.25, 0.3) is 0 Å². The van der Waals surface area contributed by atoms with Gasteiger partial charge in [-0.2, -0.15) is 0 Å². The van der Waals surface area contributed by atoms with Gasteiger partial charge in [0.05, 0.1) is 18.8 Å². The van der Waals surface area contributed by atoms with E-state index >= 15 is 0 Å². The maximum absolute atomic E-state index is 13.3. The van der Waals surface area contributed by atoms with Crippen LogP contribution >= 0.6 is 0 Å². The van der Waals surface area contributed by atoms with Gasteiger partial charge in [-0.05, 0) is 23.6 Å². The number of aliphatic hydroxyl groups is 1. The summed E-state index contributed by atoms with van der Waals surface area (Å²) in [4.78, 5) is 0. The summed E-state index contributed by atoms with van der Waals surface area (Å²) in [7, 11) is 1.54. The quantitative estimate of drug-likeness (QED) is 0.772. The Labute approximate surface area is 119 Å². The van der Waals surface area contributed by atoms with Gasteiger partial charge < -0.3 is 15.2 Å². The van der Waals surface area contributed by atoms with Gasteiger partial charge in [-0.1, -0.05) is 26.3 Å². The molecule has 3 atom stereocenters. The smallest absolute Gasteiger partial charge is 0.159 e. The van der Waals surface area contributed by atoms with Crippen molar-refractivity contribution in [2.24, 2.45) is 5.92 Å². The van der Waals surface area contributed by atoms with Crippen molar-refractivity contribution in [1.82, 2.24) is 5.32 Å². The molecule has 1 rings (SSSR count). The number of halogens is 2. The zero-order valence-electron chi connectivity index (χ0n) is 12.2. The lowest BCUT2D eigenvalue weighted by Crippen LogP contribution is -2.35. The first-order valence-corrected chi connectivity index (χ1v) is 6.84. The Morgan fingerprint density at radius 3 is 2.55 bits per heavy atom. The molecule has 0 fully saturated rings. The molecule has 0 aliphatic carbocycles. The number of hydrogen-bond acceptors (Lipinski definition) is 3. The fraction of sp³-hybridized carbons (Fsp3) is 0.600.